The Morgan fingerprint density at radius 1 is 0.696 bits per heavy atom. The van der Waals surface area contributed by atoms with Crippen LogP contribution in [0, 0.1) is 5.92 Å². The average Bonchev–Trinajstić information content (AvgIpc) is 2.49. The van der Waals surface area contributed by atoms with Crippen LogP contribution in [0.4, 0.5) is 0 Å². The van der Waals surface area contributed by atoms with Gasteiger partial charge < -0.3 is 4.79 Å². The molecule has 0 fully saturated rings. The Morgan fingerprint density at radius 3 is 1.78 bits per heavy atom. The average molecular weight is 325 g/mol. The van der Waals surface area contributed by atoms with Crippen molar-refractivity contribution in [1.29, 1.82) is 0 Å². The van der Waals surface area contributed by atoms with E-state index in [0.29, 0.717) is 24.5 Å². The van der Waals surface area contributed by atoms with Crippen LogP contribution >= 0.6 is 0 Å². The summed E-state index contributed by atoms with van der Waals surface area (Å²) in [5, 5.41) is 0. The predicted octanol–water partition coefficient (Wildman–Crippen LogP) is 6.65. The summed E-state index contributed by atoms with van der Waals surface area (Å²) in [6.45, 7) is 6.10. The van der Waals surface area contributed by atoms with Crippen molar-refractivity contribution in [3.8, 4) is 0 Å². The van der Waals surface area contributed by atoms with Crippen molar-refractivity contribution >= 4 is 11.6 Å². The summed E-state index contributed by atoms with van der Waals surface area (Å²) in [7, 11) is 0. The van der Waals surface area contributed by atoms with Crippen LogP contribution in [-0.4, -0.2) is 11.6 Å². The zero-order chi connectivity index (χ0) is 17.3. The normalized spacial score (nSPS) is 12.3. The van der Waals surface area contributed by atoms with E-state index in [4.69, 9.17) is 0 Å². The maximum Gasteiger partial charge on any atom is 0.133 e. The molecule has 0 spiro atoms. The molecule has 0 aromatic heterocycles. The number of Topliss-reactive ketones (excluding diaryl/α,β-unsaturated/α-hetero) is 2. The molecule has 0 aliphatic heterocycles. The number of ketones is 2. The molecule has 0 saturated carbocycles. The van der Waals surface area contributed by atoms with Crippen LogP contribution in [0.2, 0.25) is 0 Å². The van der Waals surface area contributed by atoms with Gasteiger partial charge in [0.25, 0.3) is 0 Å². The summed E-state index contributed by atoms with van der Waals surface area (Å²) in [5.41, 5.74) is 0. The van der Waals surface area contributed by atoms with Crippen LogP contribution in [0.3, 0.4) is 0 Å². The quantitative estimate of drug-likeness (QED) is 0.281. The third-order valence-electron chi connectivity index (χ3n) is 4.62. The van der Waals surface area contributed by atoms with Crippen molar-refractivity contribution in [2.45, 2.75) is 117 Å². The lowest BCUT2D eigenvalue weighted by atomic mass is 9.89. The Hall–Kier alpha value is -0.660. The van der Waals surface area contributed by atoms with Crippen molar-refractivity contribution in [2.24, 2.45) is 5.92 Å². The fourth-order valence-electron chi connectivity index (χ4n) is 3.25. The number of carbonyl (C=O) groups is 2. The Bertz CT molecular complexity index is 296. The lowest BCUT2D eigenvalue weighted by Gasteiger charge is -2.14. The molecule has 1 unspecified atom stereocenters. The maximum atomic E-state index is 12.1. The molecule has 1 atom stereocenters. The van der Waals surface area contributed by atoms with Crippen LogP contribution in [0.5, 0.6) is 0 Å². The van der Waals surface area contributed by atoms with E-state index in [1.807, 2.05) is 0 Å². The highest BCUT2D eigenvalue weighted by Gasteiger charge is 2.15. The number of carbonyl (C=O) groups excluding carboxylic acids is 2. The van der Waals surface area contributed by atoms with Crippen LogP contribution < -0.4 is 0 Å². The topological polar surface area (TPSA) is 34.1 Å². The first-order chi connectivity index (χ1) is 11.1. The number of hydrogen-bond acceptors (Lipinski definition) is 2. The molecular formula is C21H40O2. The summed E-state index contributed by atoms with van der Waals surface area (Å²) < 4.78 is 0. The summed E-state index contributed by atoms with van der Waals surface area (Å²) in [5.74, 6) is 0.901. The summed E-state index contributed by atoms with van der Waals surface area (Å²) in [6.07, 6.45) is 16.6. The Morgan fingerprint density at radius 2 is 1.22 bits per heavy atom. The molecule has 23 heavy (non-hydrogen) atoms. The van der Waals surface area contributed by atoms with Crippen molar-refractivity contribution in [3.63, 3.8) is 0 Å². The van der Waals surface area contributed by atoms with Gasteiger partial charge in [-0.05, 0) is 25.7 Å². The monoisotopic (exact) mass is 324 g/mol. The molecule has 2 nitrogen and oxygen atoms in total. The van der Waals surface area contributed by atoms with E-state index >= 15 is 0 Å². The Kier molecular flexibility index (Phi) is 15.7. The molecule has 0 bridgehead atoms. The van der Waals surface area contributed by atoms with Crippen LogP contribution in [-0.2, 0) is 9.59 Å². The third-order valence-corrected chi connectivity index (χ3v) is 4.62. The molecule has 0 aliphatic rings. The minimum atomic E-state index is 0.232. The van der Waals surface area contributed by atoms with E-state index in [1.54, 1.807) is 6.92 Å². The van der Waals surface area contributed by atoms with E-state index in [1.165, 1.54) is 64.2 Å². The highest BCUT2D eigenvalue weighted by Crippen LogP contribution is 2.21. The van der Waals surface area contributed by atoms with Gasteiger partial charge in [0.15, 0.2) is 0 Å². The molecule has 0 heterocycles. The molecule has 0 rings (SSSR count). The van der Waals surface area contributed by atoms with Crippen molar-refractivity contribution in [1.82, 2.24) is 0 Å². The van der Waals surface area contributed by atoms with Gasteiger partial charge in [-0.3, -0.25) is 4.79 Å². The van der Waals surface area contributed by atoms with Crippen molar-refractivity contribution < 1.29 is 9.59 Å². The summed E-state index contributed by atoms with van der Waals surface area (Å²) in [6, 6.07) is 0. The van der Waals surface area contributed by atoms with Gasteiger partial charge in [0.05, 0.1) is 0 Å². The zero-order valence-corrected chi connectivity index (χ0v) is 16.0. The standard InChI is InChI=1S/C21H40O2/c1-4-6-8-10-12-14-16-21(23)18-20(17-19(3)22)15-13-11-9-7-5-2/h20H,4-18H2,1-3H3. The largest absolute Gasteiger partial charge is 0.300 e. The van der Waals surface area contributed by atoms with Gasteiger partial charge in [-0.1, -0.05) is 78.1 Å². The maximum absolute atomic E-state index is 12.1. The minimum absolute atomic E-state index is 0.232. The van der Waals surface area contributed by atoms with Crippen LogP contribution in [0.1, 0.15) is 117 Å². The first kappa shape index (κ1) is 22.3. The van der Waals surface area contributed by atoms with Gasteiger partial charge in [0.2, 0.25) is 0 Å². The van der Waals surface area contributed by atoms with Crippen LogP contribution in [0.15, 0.2) is 0 Å². The molecule has 0 saturated heterocycles. The molecule has 136 valence electrons. The Balaban J connectivity index is 3.87. The number of unbranched alkanes of at least 4 members (excludes halogenated alkanes) is 9. The molecule has 0 aliphatic carbocycles. The van der Waals surface area contributed by atoms with E-state index in [9.17, 15) is 9.59 Å². The minimum Gasteiger partial charge on any atom is -0.300 e. The molecule has 0 N–H and O–H groups in total. The van der Waals surface area contributed by atoms with Crippen molar-refractivity contribution in [2.75, 3.05) is 0 Å². The molecule has 0 aromatic rings. The molecule has 0 aromatic carbocycles. The van der Waals surface area contributed by atoms with Crippen molar-refractivity contribution in [3.05, 3.63) is 0 Å². The summed E-state index contributed by atoms with van der Waals surface area (Å²) in [4.78, 5) is 23.6. The van der Waals surface area contributed by atoms with Gasteiger partial charge in [0, 0.05) is 19.3 Å². The molecular weight excluding hydrogens is 284 g/mol. The lowest BCUT2D eigenvalue weighted by Crippen LogP contribution is -2.12. The number of rotatable bonds is 17. The van der Waals surface area contributed by atoms with E-state index in [2.05, 4.69) is 13.8 Å². The summed E-state index contributed by atoms with van der Waals surface area (Å²) >= 11 is 0. The number of hydrogen-bond donors (Lipinski definition) is 0. The van der Waals surface area contributed by atoms with E-state index in [-0.39, 0.29) is 5.78 Å². The van der Waals surface area contributed by atoms with Gasteiger partial charge in [0.1, 0.15) is 11.6 Å². The molecule has 0 radical (unpaired) electrons. The van der Waals surface area contributed by atoms with E-state index in [0.717, 1.165) is 19.3 Å². The predicted molar refractivity (Wildman–Crippen MR) is 99.8 cm³/mol. The van der Waals surface area contributed by atoms with Gasteiger partial charge in [-0.2, -0.15) is 0 Å². The lowest BCUT2D eigenvalue weighted by molar-refractivity contribution is -0.121. The van der Waals surface area contributed by atoms with Crippen LogP contribution in [0.25, 0.3) is 0 Å². The highest BCUT2D eigenvalue weighted by atomic mass is 16.1. The second kappa shape index (κ2) is 16.2. The third kappa shape index (κ3) is 16.0. The fraction of sp³-hybridized carbons (Fsp3) is 0.905. The van der Waals surface area contributed by atoms with Gasteiger partial charge in [-0.25, -0.2) is 0 Å². The van der Waals surface area contributed by atoms with Gasteiger partial charge >= 0.3 is 0 Å². The highest BCUT2D eigenvalue weighted by molar-refractivity contribution is 5.80. The Labute approximate surface area is 144 Å². The first-order valence-electron chi connectivity index (χ1n) is 10.1. The van der Waals surface area contributed by atoms with Gasteiger partial charge in [-0.15, -0.1) is 0 Å². The first-order valence-corrected chi connectivity index (χ1v) is 10.1. The second-order valence-electron chi connectivity index (χ2n) is 7.24. The van der Waals surface area contributed by atoms with E-state index < -0.39 is 0 Å². The fourth-order valence-corrected chi connectivity index (χ4v) is 3.25. The molecule has 0 amide bonds. The zero-order valence-electron chi connectivity index (χ0n) is 16.0. The second-order valence-corrected chi connectivity index (χ2v) is 7.24. The smallest absolute Gasteiger partial charge is 0.133 e. The SMILES string of the molecule is CCCCCCCCC(=O)CC(CCCCCCC)CC(C)=O. The molecule has 2 heteroatoms.